The van der Waals surface area contributed by atoms with Gasteiger partial charge in [0.05, 0.1) is 11.8 Å². The Hall–Kier alpha value is -3.48. The lowest BCUT2D eigenvalue weighted by atomic mass is 9.98. The normalized spacial score (nSPS) is 19.3. The highest BCUT2D eigenvalue weighted by molar-refractivity contribution is 6.05. The van der Waals surface area contributed by atoms with Gasteiger partial charge < -0.3 is 4.90 Å². The first-order valence-electron chi connectivity index (χ1n) is 8.70. The summed E-state index contributed by atoms with van der Waals surface area (Å²) in [6.45, 7) is -0.295. The van der Waals surface area contributed by atoms with Crippen LogP contribution in [0.4, 0.5) is 4.79 Å². The van der Waals surface area contributed by atoms with Crippen molar-refractivity contribution in [3.05, 3.63) is 71.8 Å². The average Bonchev–Trinajstić information content (AvgIpc) is 3.27. The van der Waals surface area contributed by atoms with E-state index in [1.54, 1.807) is 0 Å². The highest BCUT2D eigenvalue weighted by Crippen LogP contribution is 2.32. The molecule has 4 amide bonds. The maximum atomic E-state index is 12.9. The van der Waals surface area contributed by atoms with Gasteiger partial charge in [-0.1, -0.05) is 60.7 Å². The SMILES string of the molecule is O=C1CN(CC(=O)N2N=C(c3ccccc3)CC2c2ccccc2)C(=O)N1. The fourth-order valence-corrected chi connectivity index (χ4v) is 3.33. The van der Waals surface area contributed by atoms with Gasteiger partial charge in [-0.25, -0.2) is 9.80 Å². The van der Waals surface area contributed by atoms with Gasteiger partial charge in [0, 0.05) is 6.42 Å². The number of imide groups is 1. The molecule has 0 saturated carbocycles. The average molecular weight is 362 g/mol. The van der Waals surface area contributed by atoms with Gasteiger partial charge in [-0.05, 0) is 11.1 Å². The first-order valence-corrected chi connectivity index (χ1v) is 8.70. The number of urea groups is 1. The molecule has 0 aliphatic carbocycles. The Morgan fingerprint density at radius 1 is 1.04 bits per heavy atom. The molecule has 2 aliphatic rings. The Morgan fingerprint density at radius 3 is 2.33 bits per heavy atom. The molecule has 0 bridgehead atoms. The molecule has 1 atom stereocenters. The maximum Gasteiger partial charge on any atom is 0.325 e. The van der Waals surface area contributed by atoms with E-state index < -0.39 is 11.9 Å². The van der Waals surface area contributed by atoms with E-state index in [4.69, 9.17) is 0 Å². The second kappa shape index (κ2) is 7.03. The summed E-state index contributed by atoms with van der Waals surface area (Å²) in [5, 5.41) is 8.18. The van der Waals surface area contributed by atoms with Gasteiger partial charge in [0.25, 0.3) is 5.91 Å². The van der Waals surface area contributed by atoms with Crippen molar-refractivity contribution in [2.24, 2.45) is 5.10 Å². The van der Waals surface area contributed by atoms with E-state index in [1.807, 2.05) is 60.7 Å². The number of hydrazone groups is 1. The van der Waals surface area contributed by atoms with Crippen LogP contribution in [0, 0.1) is 0 Å². The third kappa shape index (κ3) is 3.44. The molecule has 27 heavy (non-hydrogen) atoms. The highest BCUT2D eigenvalue weighted by atomic mass is 16.2. The third-order valence-electron chi connectivity index (χ3n) is 4.65. The number of nitrogens with one attached hydrogen (secondary N) is 1. The predicted molar refractivity (Wildman–Crippen MR) is 98.7 cm³/mol. The van der Waals surface area contributed by atoms with E-state index in [0.717, 1.165) is 16.8 Å². The van der Waals surface area contributed by atoms with Gasteiger partial charge in [0.2, 0.25) is 5.91 Å². The van der Waals surface area contributed by atoms with Crippen LogP contribution in [0.3, 0.4) is 0 Å². The highest BCUT2D eigenvalue weighted by Gasteiger charge is 2.36. The van der Waals surface area contributed by atoms with Crippen molar-refractivity contribution in [3.8, 4) is 0 Å². The number of rotatable bonds is 4. The predicted octanol–water partition coefficient (Wildman–Crippen LogP) is 1.92. The monoisotopic (exact) mass is 362 g/mol. The summed E-state index contributed by atoms with van der Waals surface area (Å²) >= 11 is 0. The number of amides is 4. The van der Waals surface area contributed by atoms with E-state index in [1.165, 1.54) is 9.91 Å². The van der Waals surface area contributed by atoms with Crippen LogP contribution in [-0.4, -0.2) is 46.6 Å². The van der Waals surface area contributed by atoms with Crippen LogP contribution in [0.25, 0.3) is 0 Å². The summed E-state index contributed by atoms with van der Waals surface area (Å²) < 4.78 is 0. The van der Waals surface area contributed by atoms with Crippen LogP contribution in [0.15, 0.2) is 65.8 Å². The van der Waals surface area contributed by atoms with Gasteiger partial charge in [0.1, 0.15) is 13.1 Å². The fourth-order valence-electron chi connectivity index (χ4n) is 3.33. The number of hydrogen-bond donors (Lipinski definition) is 1. The number of nitrogens with zero attached hydrogens (tertiary/aromatic N) is 3. The first-order chi connectivity index (χ1) is 13.1. The molecule has 2 aromatic carbocycles. The Bertz CT molecular complexity index is 911. The number of carbonyl (C=O) groups excluding carboxylic acids is 3. The van der Waals surface area contributed by atoms with Gasteiger partial charge in [0.15, 0.2) is 0 Å². The topological polar surface area (TPSA) is 82.1 Å². The Labute approximate surface area is 156 Å². The second-order valence-corrected chi connectivity index (χ2v) is 6.49. The van der Waals surface area contributed by atoms with Crippen LogP contribution in [0.2, 0.25) is 0 Å². The molecule has 0 aromatic heterocycles. The molecular formula is C20H18N4O3. The summed E-state index contributed by atoms with van der Waals surface area (Å²) in [5.41, 5.74) is 2.75. The fraction of sp³-hybridized carbons (Fsp3) is 0.200. The molecule has 2 aliphatic heterocycles. The Morgan fingerprint density at radius 2 is 1.70 bits per heavy atom. The zero-order valence-electron chi connectivity index (χ0n) is 14.5. The minimum absolute atomic E-state index is 0.107. The Balaban J connectivity index is 1.61. The summed E-state index contributed by atoms with van der Waals surface area (Å²) in [6, 6.07) is 18.6. The lowest BCUT2D eigenvalue weighted by Crippen LogP contribution is -2.39. The van der Waals surface area contributed by atoms with Crippen LogP contribution in [0.5, 0.6) is 0 Å². The summed E-state index contributed by atoms with van der Waals surface area (Å²) in [7, 11) is 0. The van der Waals surface area contributed by atoms with E-state index in [9.17, 15) is 14.4 Å². The molecule has 1 N–H and O–H groups in total. The lowest BCUT2D eigenvalue weighted by molar-refractivity contribution is -0.133. The third-order valence-corrected chi connectivity index (χ3v) is 4.65. The smallest absolute Gasteiger partial charge is 0.306 e. The van der Waals surface area contributed by atoms with E-state index in [2.05, 4.69) is 10.4 Å². The molecule has 0 spiro atoms. The molecule has 136 valence electrons. The Kier molecular flexibility index (Phi) is 4.42. The van der Waals surface area contributed by atoms with Gasteiger partial charge >= 0.3 is 6.03 Å². The van der Waals surface area contributed by atoms with Crippen LogP contribution in [-0.2, 0) is 9.59 Å². The molecule has 1 fully saturated rings. The zero-order chi connectivity index (χ0) is 18.8. The van der Waals surface area contributed by atoms with Crippen molar-refractivity contribution in [2.75, 3.05) is 13.1 Å². The van der Waals surface area contributed by atoms with Crippen LogP contribution < -0.4 is 5.32 Å². The molecule has 2 aromatic rings. The molecule has 7 heteroatoms. The molecule has 0 radical (unpaired) electrons. The van der Waals surface area contributed by atoms with Crippen molar-refractivity contribution >= 4 is 23.6 Å². The van der Waals surface area contributed by atoms with Crippen molar-refractivity contribution < 1.29 is 14.4 Å². The number of carbonyl (C=O) groups is 3. The van der Waals surface area contributed by atoms with E-state index in [-0.39, 0.29) is 25.0 Å². The number of benzene rings is 2. The van der Waals surface area contributed by atoms with Crippen LogP contribution >= 0.6 is 0 Å². The molecule has 2 heterocycles. The van der Waals surface area contributed by atoms with E-state index in [0.29, 0.717) is 6.42 Å². The molecule has 1 unspecified atom stereocenters. The molecule has 7 nitrogen and oxygen atoms in total. The van der Waals surface area contributed by atoms with Gasteiger partial charge in [-0.3, -0.25) is 14.9 Å². The lowest BCUT2D eigenvalue weighted by Gasteiger charge is -2.24. The molecule has 4 rings (SSSR count). The van der Waals surface area contributed by atoms with Crippen LogP contribution in [0.1, 0.15) is 23.6 Å². The van der Waals surface area contributed by atoms with E-state index >= 15 is 0 Å². The summed E-state index contributed by atoms with van der Waals surface area (Å²) in [6.07, 6.45) is 0.588. The second-order valence-electron chi connectivity index (χ2n) is 6.49. The van der Waals surface area contributed by atoms with Crippen molar-refractivity contribution in [3.63, 3.8) is 0 Å². The largest absolute Gasteiger partial charge is 0.325 e. The quantitative estimate of drug-likeness (QED) is 0.844. The molecule has 1 saturated heterocycles. The zero-order valence-corrected chi connectivity index (χ0v) is 14.5. The maximum absolute atomic E-state index is 12.9. The summed E-state index contributed by atoms with van der Waals surface area (Å²) in [5.74, 6) is -0.720. The van der Waals surface area contributed by atoms with Crippen molar-refractivity contribution in [1.29, 1.82) is 0 Å². The molecular weight excluding hydrogens is 344 g/mol. The first kappa shape index (κ1) is 17.0. The number of hydrogen-bond acceptors (Lipinski definition) is 4. The minimum atomic E-state index is -0.545. The van der Waals surface area contributed by atoms with Gasteiger partial charge in [-0.15, -0.1) is 0 Å². The van der Waals surface area contributed by atoms with Crippen molar-refractivity contribution in [2.45, 2.75) is 12.5 Å². The van der Waals surface area contributed by atoms with Crippen molar-refractivity contribution in [1.82, 2.24) is 15.2 Å². The van der Waals surface area contributed by atoms with Gasteiger partial charge in [-0.2, -0.15) is 5.10 Å². The standard InChI is InChI=1S/C20H18N4O3/c25-18-12-23(20(27)21-18)13-19(26)24-17(15-9-5-2-6-10-15)11-16(22-24)14-7-3-1-4-8-14/h1-10,17H,11-13H2,(H,21,25,27). The summed E-state index contributed by atoms with van der Waals surface area (Å²) in [4.78, 5) is 37.2. The minimum Gasteiger partial charge on any atom is -0.306 e.